The number of H-pyrrole nitrogens is 1. The Kier molecular flexibility index (Phi) is 4.75. The summed E-state index contributed by atoms with van der Waals surface area (Å²) < 4.78 is 5.54. The molecule has 112 valence electrons. The molecule has 0 fully saturated rings. The van der Waals surface area contributed by atoms with Crippen LogP contribution in [0.5, 0.6) is 5.75 Å². The third kappa shape index (κ3) is 3.68. The maximum absolute atomic E-state index is 12.1. The molecule has 21 heavy (non-hydrogen) atoms. The molecule has 2 aromatic rings. The van der Waals surface area contributed by atoms with E-state index < -0.39 is 6.10 Å². The molecule has 1 aromatic carbocycles. The van der Waals surface area contributed by atoms with E-state index in [1.165, 1.54) is 0 Å². The molecule has 0 aliphatic heterocycles. The Bertz CT molecular complexity index is 670. The minimum Gasteiger partial charge on any atom is -0.479 e. The number of hydrogen-bond acceptors (Lipinski definition) is 3. The van der Waals surface area contributed by atoms with Crippen molar-refractivity contribution in [3.63, 3.8) is 0 Å². The molecule has 1 heterocycles. The minimum atomic E-state index is -0.722. The normalized spacial score (nSPS) is 12.0. The van der Waals surface area contributed by atoms with Crippen LogP contribution in [0.2, 0.25) is 10.0 Å². The van der Waals surface area contributed by atoms with E-state index in [1.54, 1.807) is 25.1 Å². The summed E-state index contributed by atoms with van der Waals surface area (Å²) in [5.74, 6) is 0.587. The maximum Gasteiger partial charge on any atom is 0.266 e. The summed E-state index contributed by atoms with van der Waals surface area (Å²) in [6, 6.07) is 4.83. The number of aromatic nitrogens is 2. The van der Waals surface area contributed by atoms with Gasteiger partial charge in [-0.3, -0.25) is 9.89 Å². The summed E-state index contributed by atoms with van der Waals surface area (Å²) in [6.45, 7) is 5.39. The average Bonchev–Trinajstić information content (AvgIpc) is 2.73. The van der Waals surface area contributed by atoms with Crippen LogP contribution in [-0.4, -0.2) is 22.2 Å². The lowest BCUT2D eigenvalue weighted by molar-refractivity contribution is -0.122. The Labute approximate surface area is 132 Å². The van der Waals surface area contributed by atoms with Gasteiger partial charge in [-0.25, -0.2) is 0 Å². The van der Waals surface area contributed by atoms with Gasteiger partial charge in [0.15, 0.2) is 11.9 Å². The van der Waals surface area contributed by atoms with Crippen LogP contribution in [0.3, 0.4) is 0 Å². The monoisotopic (exact) mass is 327 g/mol. The lowest BCUT2D eigenvalue weighted by Gasteiger charge is -2.15. The number of benzene rings is 1. The van der Waals surface area contributed by atoms with Crippen LogP contribution in [0.4, 0.5) is 5.82 Å². The zero-order chi connectivity index (χ0) is 15.6. The van der Waals surface area contributed by atoms with Gasteiger partial charge in [0.1, 0.15) is 5.75 Å². The number of aromatic amines is 1. The molecule has 0 aliphatic rings. The Hall–Kier alpha value is -1.72. The first kappa shape index (κ1) is 15.7. The van der Waals surface area contributed by atoms with Crippen LogP contribution in [0.15, 0.2) is 18.2 Å². The fourth-order valence-corrected chi connectivity index (χ4v) is 2.09. The molecule has 0 aliphatic carbocycles. The first-order valence-corrected chi connectivity index (χ1v) is 7.08. The van der Waals surface area contributed by atoms with Crippen molar-refractivity contribution >= 4 is 34.9 Å². The fourth-order valence-electron chi connectivity index (χ4n) is 1.64. The predicted octanol–water partition coefficient (Wildman–Crippen LogP) is 3.74. The summed E-state index contributed by atoms with van der Waals surface area (Å²) in [4.78, 5) is 12.1. The number of rotatable bonds is 4. The van der Waals surface area contributed by atoms with Crippen LogP contribution < -0.4 is 10.1 Å². The van der Waals surface area contributed by atoms with E-state index in [9.17, 15) is 4.79 Å². The molecule has 1 atom stereocenters. The zero-order valence-electron chi connectivity index (χ0n) is 11.8. The van der Waals surface area contributed by atoms with Crippen LogP contribution in [-0.2, 0) is 4.79 Å². The molecule has 2 N–H and O–H groups in total. The quantitative estimate of drug-likeness (QED) is 0.898. The van der Waals surface area contributed by atoms with Crippen LogP contribution in [0.25, 0.3) is 0 Å². The Morgan fingerprint density at radius 1 is 1.38 bits per heavy atom. The van der Waals surface area contributed by atoms with E-state index >= 15 is 0 Å². The van der Waals surface area contributed by atoms with Gasteiger partial charge in [0, 0.05) is 16.3 Å². The Morgan fingerprint density at radius 2 is 2.10 bits per heavy atom. The third-order valence-corrected chi connectivity index (χ3v) is 3.59. The molecule has 0 radical (unpaired) electrons. The highest BCUT2D eigenvalue weighted by molar-refractivity contribution is 6.35. The highest BCUT2D eigenvalue weighted by Crippen LogP contribution is 2.28. The molecular formula is C14H15Cl2N3O2. The van der Waals surface area contributed by atoms with Crippen LogP contribution in [0.1, 0.15) is 18.2 Å². The second-order valence-electron chi connectivity index (χ2n) is 4.65. The van der Waals surface area contributed by atoms with Crippen molar-refractivity contribution in [1.82, 2.24) is 10.2 Å². The lowest BCUT2D eigenvalue weighted by atomic mass is 10.2. The van der Waals surface area contributed by atoms with Gasteiger partial charge in [-0.2, -0.15) is 5.10 Å². The van der Waals surface area contributed by atoms with Gasteiger partial charge in [-0.15, -0.1) is 0 Å². The first-order chi connectivity index (χ1) is 9.88. The van der Waals surface area contributed by atoms with Gasteiger partial charge in [0.05, 0.1) is 5.02 Å². The van der Waals surface area contributed by atoms with Crippen molar-refractivity contribution in [3.05, 3.63) is 39.5 Å². The van der Waals surface area contributed by atoms with Gasteiger partial charge in [-0.1, -0.05) is 23.2 Å². The summed E-state index contributed by atoms with van der Waals surface area (Å²) in [5.41, 5.74) is 1.79. The van der Waals surface area contributed by atoms with Crippen molar-refractivity contribution in [2.45, 2.75) is 26.9 Å². The SMILES string of the molecule is Cc1[nH]nc(NC(=O)C(C)Oc2ccc(Cl)cc2Cl)c1C. The highest BCUT2D eigenvalue weighted by atomic mass is 35.5. The van der Waals surface area contributed by atoms with Gasteiger partial charge in [0.25, 0.3) is 5.91 Å². The van der Waals surface area contributed by atoms with E-state index in [2.05, 4.69) is 15.5 Å². The number of amides is 1. The molecule has 1 aromatic heterocycles. The van der Waals surface area contributed by atoms with Crippen molar-refractivity contribution in [2.75, 3.05) is 5.32 Å². The lowest BCUT2D eigenvalue weighted by Crippen LogP contribution is -2.30. The smallest absolute Gasteiger partial charge is 0.266 e. The molecule has 0 saturated carbocycles. The Balaban J connectivity index is 2.04. The van der Waals surface area contributed by atoms with E-state index in [-0.39, 0.29) is 5.91 Å². The molecule has 7 heteroatoms. The number of carbonyl (C=O) groups is 1. The average molecular weight is 328 g/mol. The summed E-state index contributed by atoms with van der Waals surface area (Å²) in [6.07, 6.45) is -0.722. The Morgan fingerprint density at radius 3 is 2.67 bits per heavy atom. The first-order valence-electron chi connectivity index (χ1n) is 6.32. The number of nitrogens with zero attached hydrogens (tertiary/aromatic N) is 1. The van der Waals surface area contributed by atoms with Crippen molar-refractivity contribution < 1.29 is 9.53 Å². The topological polar surface area (TPSA) is 67.0 Å². The third-order valence-electron chi connectivity index (χ3n) is 3.06. The highest BCUT2D eigenvalue weighted by Gasteiger charge is 2.18. The van der Waals surface area contributed by atoms with Gasteiger partial charge < -0.3 is 10.1 Å². The molecule has 0 bridgehead atoms. The van der Waals surface area contributed by atoms with Crippen LogP contribution in [0, 0.1) is 13.8 Å². The summed E-state index contributed by atoms with van der Waals surface area (Å²) in [5, 5.41) is 10.4. The largest absolute Gasteiger partial charge is 0.479 e. The molecule has 1 unspecified atom stereocenters. The van der Waals surface area contributed by atoms with E-state index in [0.29, 0.717) is 21.6 Å². The number of halogens is 2. The van der Waals surface area contributed by atoms with E-state index in [4.69, 9.17) is 27.9 Å². The predicted molar refractivity (Wildman–Crippen MR) is 83.2 cm³/mol. The summed E-state index contributed by atoms with van der Waals surface area (Å²) >= 11 is 11.8. The number of hydrogen-bond donors (Lipinski definition) is 2. The number of carbonyl (C=O) groups excluding carboxylic acids is 1. The number of nitrogens with one attached hydrogen (secondary N) is 2. The number of ether oxygens (including phenoxy) is 1. The number of aryl methyl sites for hydroxylation is 1. The van der Waals surface area contributed by atoms with E-state index in [0.717, 1.165) is 11.3 Å². The zero-order valence-corrected chi connectivity index (χ0v) is 13.3. The second-order valence-corrected chi connectivity index (χ2v) is 5.49. The summed E-state index contributed by atoms with van der Waals surface area (Å²) in [7, 11) is 0. The van der Waals surface area contributed by atoms with Crippen molar-refractivity contribution in [3.8, 4) is 5.75 Å². The van der Waals surface area contributed by atoms with Crippen LogP contribution >= 0.6 is 23.2 Å². The molecule has 2 rings (SSSR count). The number of anilines is 1. The van der Waals surface area contributed by atoms with Gasteiger partial charge >= 0.3 is 0 Å². The van der Waals surface area contributed by atoms with E-state index in [1.807, 2.05) is 13.8 Å². The van der Waals surface area contributed by atoms with Crippen molar-refractivity contribution in [2.24, 2.45) is 0 Å². The molecular weight excluding hydrogens is 313 g/mol. The standard InChI is InChI=1S/C14H15Cl2N3O2/c1-7-8(2)18-19-13(7)17-14(20)9(3)21-12-5-4-10(15)6-11(12)16/h4-6,9H,1-3H3,(H2,17,18,19,20). The fraction of sp³-hybridized carbons (Fsp3) is 0.286. The molecule has 1 amide bonds. The molecule has 0 spiro atoms. The minimum absolute atomic E-state index is 0.310. The van der Waals surface area contributed by atoms with Gasteiger partial charge in [0.2, 0.25) is 0 Å². The van der Waals surface area contributed by atoms with Crippen molar-refractivity contribution in [1.29, 1.82) is 0 Å². The van der Waals surface area contributed by atoms with Gasteiger partial charge in [-0.05, 0) is 39.0 Å². The maximum atomic E-state index is 12.1. The molecule has 5 nitrogen and oxygen atoms in total. The second kappa shape index (κ2) is 6.37. The molecule has 0 saturated heterocycles.